The molecule has 21 heavy (non-hydrogen) atoms. The maximum absolute atomic E-state index is 11.6. The van der Waals surface area contributed by atoms with Crippen LogP contribution in [0.25, 0.3) is 0 Å². The number of nitrogens with one attached hydrogen (secondary N) is 1. The third-order valence-electron chi connectivity index (χ3n) is 2.90. The van der Waals surface area contributed by atoms with Crippen LogP contribution in [0.4, 0.5) is 5.69 Å². The molecule has 1 amide bonds. The summed E-state index contributed by atoms with van der Waals surface area (Å²) in [5.74, 6) is 2.09. The van der Waals surface area contributed by atoms with E-state index >= 15 is 0 Å². The Hall–Kier alpha value is -1.20. The van der Waals surface area contributed by atoms with Gasteiger partial charge in [-0.05, 0) is 30.7 Å². The number of rotatable bonds is 11. The van der Waals surface area contributed by atoms with Crippen LogP contribution in [0.2, 0.25) is 0 Å². The van der Waals surface area contributed by atoms with Gasteiger partial charge in [-0.1, -0.05) is 26.2 Å². The fraction of sp³-hybridized carbons (Fsp3) is 0.562. The van der Waals surface area contributed by atoms with E-state index in [4.69, 9.17) is 10.5 Å². The monoisotopic (exact) mass is 310 g/mol. The lowest BCUT2D eigenvalue weighted by atomic mass is 10.2. The van der Waals surface area contributed by atoms with Crippen LogP contribution in [0.15, 0.2) is 24.3 Å². The second-order valence-corrected chi connectivity index (χ2v) is 5.93. The van der Waals surface area contributed by atoms with Crippen molar-refractivity contribution in [3.8, 4) is 5.75 Å². The average molecular weight is 310 g/mol. The molecule has 0 radical (unpaired) electrons. The van der Waals surface area contributed by atoms with Gasteiger partial charge in [0.1, 0.15) is 5.75 Å². The summed E-state index contributed by atoms with van der Waals surface area (Å²) in [6.07, 6.45) is 4.80. The minimum Gasteiger partial charge on any atom is -0.494 e. The Bertz CT molecular complexity index is 396. The molecule has 0 fully saturated rings. The molecule has 0 bridgehead atoms. The Morgan fingerprint density at radius 2 is 2.00 bits per heavy atom. The Labute approximate surface area is 131 Å². The largest absolute Gasteiger partial charge is 0.494 e. The second kappa shape index (κ2) is 11.5. The summed E-state index contributed by atoms with van der Waals surface area (Å²) in [4.78, 5) is 11.6. The molecular weight excluding hydrogens is 284 g/mol. The van der Waals surface area contributed by atoms with Crippen LogP contribution >= 0.6 is 11.8 Å². The molecule has 118 valence electrons. The zero-order valence-corrected chi connectivity index (χ0v) is 13.6. The molecule has 1 rings (SSSR count). The number of ether oxygens (including phenoxy) is 1. The van der Waals surface area contributed by atoms with Crippen molar-refractivity contribution in [1.82, 2.24) is 0 Å². The highest BCUT2D eigenvalue weighted by atomic mass is 32.2. The van der Waals surface area contributed by atoms with Gasteiger partial charge in [0.15, 0.2) is 0 Å². The van der Waals surface area contributed by atoms with Crippen molar-refractivity contribution in [3.05, 3.63) is 24.3 Å². The minimum absolute atomic E-state index is 0.00156. The van der Waals surface area contributed by atoms with Gasteiger partial charge in [0.05, 0.1) is 12.4 Å². The van der Waals surface area contributed by atoms with Gasteiger partial charge in [-0.25, -0.2) is 0 Å². The summed E-state index contributed by atoms with van der Waals surface area (Å²) in [6, 6.07) is 7.52. The average Bonchev–Trinajstić information content (AvgIpc) is 2.49. The van der Waals surface area contributed by atoms with E-state index in [1.807, 2.05) is 24.3 Å². The number of nitrogens with two attached hydrogens (primary N) is 1. The molecule has 1 aromatic carbocycles. The normalized spacial score (nSPS) is 10.4. The van der Waals surface area contributed by atoms with Crippen molar-refractivity contribution >= 4 is 23.4 Å². The van der Waals surface area contributed by atoms with Crippen LogP contribution in [0.1, 0.15) is 32.6 Å². The number of carbonyl (C=O) groups excluding carboxylic acids is 1. The molecule has 0 unspecified atom stereocenters. The maximum atomic E-state index is 11.6. The Morgan fingerprint density at radius 3 is 2.67 bits per heavy atom. The molecule has 0 heterocycles. The smallest absolute Gasteiger partial charge is 0.234 e. The van der Waals surface area contributed by atoms with E-state index < -0.39 is 0 Å². The number of benzene rings is 1. The summed E-state index contributed by atoms with van der Waals surface area (Å²) in [5, 5.41) is 2.86. The quantitative estimate of drug-likeness (QED) is 0.616. The molecule has 0 aliphatic carbocycles. The molecule has 0 saturated carbocycles. The lowest BCUT2D eigenvalue weighted by Gasteiger charge is -2.08. The van der Waals surface area contributed by atoms with Crippen LogP contribution in [0.5, 0.6) is 5.75 Å². The van der Waals surface area contributed by atoms with Gasteiger partial charge < -0.3 is 15.8 Å². The van der Waals surface area contributed by atoms with Gasteiger partial charge in [0.2, 0.25) is 5.91 Å². The van der Waals surface area contributed by atoms with Crippen LogP contribution in [-0.2, 0) is 4.79 Å². The fourth-order valence-electron chi connectivity index (χ4n) is 1.80. The van der Waals surface area contributed by atoms with Crippen LogP contribution < -0.4 is 15.8 Å². The summed E-state index contributed by atoms with van der Waals surface area (Å²) >= 11 is 1.54. The van der Waals surface area contributed by atoms with Crippen LogP contribution in [-0.4, -0.2) is 30.6 Å². The number of amides is 1. The summed E-state index contributed by atoms with van der Waals surface area (Å²) in [6.45, 7) is 3.55. The number of carbonyl (C=O) groups is 1. The molecule has 0 aliphatic rings. The first kappa shape index (κ1) is 17.9. The Kier molecular flexibility index (Phi) is 9.74. The Balaban J connectivity index is 2.25. The van der Waals surface area contributed by atoms with E-state index in [9.17, 15) is 4.79 Å². The second-order valence-electron chi connectivity index (χ2n) is 4.82. The molecule has 3 N–H and O–H groups in total. The predicted octanol–water partition coefficient (Wildman–Crippen LogP) is 3.28. The lowest BCUT2D eigenvalue weighted by Crippen LogP contribution is -2.15. The van der Waals surface area contributed by atoms with Crippen molar-refractivity contribution in [2.45, 2.75) is 32.6 Å². The predicted molar refractivity (Wildman–Crippen MR) is 91.1 cm³/mol. The van der Waals surface area contributed by atoms with Crippen molar-refractivity contribution in [1.29, 1.82) is 0 Å². The lowest BCUT2D eigenvalue weighted by molar-refractivity contribution is -0.113. The molecule has 4 nitrogen and oxygen atoms in total. The third kappa shape index (κ3) is 8.63. The first-order chi connectivity index (χ1) is 10.3. The van der Waals surface area contributed by atoms with Gasteiger partial charge in [0.25, 0.3) is 0 Å². The van der Waals surface area contributed by atoms with Crippen LogP contribution in [0.3, 0.4) is 0 Å². The molecule has 0 saturated heterocycles. The standard InChI is InChI=1S/C16H26N2O2S/c1-2-3-4-5-11-20-15-8-6-14(7-9-15)18-16(19)13-21-12-10-17/h6-9H,2-5,10-13,17H2,1H3,(H,18,19). The molecule has 0 spiro atoms. The molecule has 1 aromatic rings. The van der Waals surface area contributed by atoms with E-state index in [2.05, 4.69) is 12.2 Å². The van der Waals surface area contributed by atoms with Gasteiger partial charge in [-0.15, -0.1) is 0 Å². The molecule has 0 aromatic heterocycles. The fourth-order valence-corrected chi connectivity index (χ4v) is 2.37. The maximum Gasteiger partial charge on any atom is 0.234 e. The van der Waals surface area contributed by atoms with Crippen molar-refractivity contribution in [2.75, 3.05) is 30.0 Å². The van der Waals surface area contributed by atoms with Gasteiger partial charge in [-0.3, -0.25) is 4.79 Å². The number of unbranched alkanes of at least 4 members (excludes halogenated alkanes) is 3. The number of thioether (sulfide) groups is 1. The summed E-state index contributed by atoms with van der Waals surface area (Å²) < 4.78 is 5.66. The molecule has 0 atom stereocenters. The number of hydrogen-bond donors (Lipinski definition) is 2. The summed E-state index contributed by atoms with van der Waals surface area (Å²) in [7, 11) is 0. The van der Waals surface area contributed by atoms with E-state index in [0.29, 0.717) is 12.3 Å². The zero-order valence-electron chi connectivity index (χ0n) is 12.8. The van der Waals surface area contributed by atoms with E-state index in [-0.39, 0.29) is 5.91 Å². The van der Waals surface area contributed by atoms with Crippen molar-refractivity contribution < 1.29 is 9.53 Å². The highest BCUT2D eigenvalue weighted by molar-refractivity contribution is 7.99. The first-order valence-corrected chi connectivity index (χ1v) is 8.72. The van der Waals surface area contributed by atoms with Crippen LogP contribution in [0, 0.1) is 0 Å². The van der Waals surface area contributed by atoms with Gasteiger partial charge in [-0.2, -0.15) is 11.8 Å². The number of anilines is 1. The molecule has 5 heteroatoms. The van der Waals surface area contributed by atoms with Crippen molar-refractivity contribution in [2.24, 2.45) is 5.73 Å². The minimum atomic E-state index is 0.00156. The van der Waals surface area contributed by atoms with Crippen molar-refractivity contribution in [3.63, 3.8) is 0 Å². The van der Waals surface area contributed by atoms with E-state index in [1.165, 1.54) is 31.0 Å². The van der Waals surface area contributed by atoms with Gasteiger partial charge in [0, 0.05) is 18.0 Å². The SMILES string of the molecule is CCCCCCOc1ccc(NC(=O)CSCCN)cc1. The summed E-state index contributed by atoms with van der Waals surface area (Å²) in [5.41, 5.74) is 6.18. The highest BCUT2D eigenvalue weighted by Crippen LogP contribution is 2.16. The zero-order chi connectivity index (χ0) is 15.3. The number of hydrogen-bond acceptors (Lipinski definition) is 4. The third-order valence-corrected chi connectivity index (χ3v) is 3.89. The highest BCUT2D eigenvalue weighted by Gasteiger charge is 2.02. The first-order valence-electron chi connectivity index (χ1n) is 7.56. The van der Waals surface area contributed by atoms with E-state index in [0.717, 1.165) is 30.2 Å². The molecule has 0 aliphatic heterocycles. The Morgan fingerprint density at radius 1 is 1.24 bits per heavy atom. The molecular formula is C16H26N2O2S. The van der Waals surface area contributed by atoms with E-state index in [1.54, 1.807) is 0 Å². The topological polar surface area (TPSA) is 64.3 Å². The van der Waals surface area contributed by atoms with Gasteiger partial charge >= 0.3 is 0 Å².